The number of hydrogen-bond acceptors (Lipinski definition) is 5. The molecule has 0 radical (unpaired) electrons. The average Bonchev–Trinajstić information content (AvgIpc) is 3.12. The van der Waals surface area contributed by atoms with Gasteiger partial charge in [-0.25, -0.2) is 0 Å². The summed E-state index contributed by atoms with van der Waals surface area (Å²) in [5, 5.41) is 3.22. The van der Waals surface area contributed by atoms with Crippen molar-refractivity contribution < 1.29 is 0 Å². The molecule has 1 aromatic heterocycles. The van der Waals surface area contributed by atoms with Crippen LogP contribution in [0, 0.1) is 24.7 Å². The number of nitrogens with two attached hydrogens (primary N) is 1. The van der Waals surface area contributed by atoms with E-state index in [0.29, 0.717) is 17.8 Å². The highest BCUT2D eigenvalue weighted by Gasteiger charge is 2.36. The fourth-order valence-electron chi connectivity index (χ4n) is 3.71. The second-order valence-electron chi connectivity index (χ2n) is 6.67. The van der Waals surface area contributed by atoms with Crippen LogP contribution >= 0.6 is 0 Å². The van der Waals surface area contributed by atoms with E-state index in [0.717, 1.165) is 23.9 Å². The molecule has 1 fully saturated rings. The zero-order chi connectivity index (χ0) is 15.8. The van der Waals surface area contributed by atoms with Gasteiger partial charge in [-0.1, -0.05) is 29.8 Å². The summed E-state index contributed by atoms with van der Waals surface area (Å²) in [7, 11) is 0. The smallest absolute Gasteiger partial charge is 0.232 e. The number of allylic oxidation sites excluding steroid dienone is 2. The van der Waals surface area contributed by atoms with E-state index >= 15 is 0 Å². The lowest BCUT2D eigenvalue weighted by Gasteiger charge is -2.17. The summed E-state index contributed by atoms with van der Waals surface area (Å²) in [6, 6.07) is 8.12. The quantitative estimate of drug-likeness (QED) is 0.848. The third kappa shape index (κ3) is 3.04. The second kappa shape index (κ2) is 5.65. The molecule has 5 nitrogen and oxygen atoms in total. The maximum Gasteiger partial charge on any atom is 0.232 e. The second-order valence-corrected chi connectivity index (χ2v) is 6.67. The van der Waals surface area contributed by atoms with Crippen LogP contribution in [0.15, 0.2) is 36.4 Å². The van der Waals surface area contributed by atoms with Gasteiger partial charge in [0.15, 0.2) is 0 Å². The number of anilines is 3. The minimum absolute atomic E-state index is 0.281. The van der Waals surface area contributed by atoms with Crippen LogP contribution in [0.4, 0.5) is 17.6 Å². The van der Waals surface area contributed by atoms with E-state index in [9.17, 15) is 0 Å². The van der Waals surface area contributed by atoms with E-state index in [4.69, 9.17) is 5.73 Å². The molecule has 1 heterocycles. The van der Waals surface area contributed by atoms with Crippen LogP contribution in [0.5, 0.6) is 0 Å². The van der Waals surface area contributed by atoms with Crippen LogP contribution in [0.1, 0.15) is 24.2 Å². The van der Waals surface area contributed by atoms with Crippen molar-refractivity contribution in [2.45, 2.75) is 26.2 Å². The van der Waals surface area contributed by atoms with E-state index in [1.165, 1.54) is 18.4 Å². The summed E-state index contributed by atoms with van der Waals surface area (Å²) in [6.45, 7) is 2.06. The van der Waals surface area contributed by atoms with Gasteiger partial charge in [-0.15, -0.1) is 0 Å². The van der Waals surface area contributed by atoms with E-state index in [2.05, 4.69) is 51.5 Å². The normalized spacial score (nSPS) is 25.0. The number of nitrogens with one attached hydrogen (secondary N) is 1. The fourth-order valence-corrected chi connectivity index (χ4v) is 3.71. The van der Waals surface area contributed by atoms with Crippen molar-refractivity contribution in [2.24, 2.45) is 17.8 Å². The molecule has 2 bridgehead atoms. The number of fused-ring (bicyclic) bond motifs is 2. The summed E-state index contributed by atoms with van der Waals surface area (Å²) in [6.07, 6.45) is 8.12. The zero-order valence-electron chi connectivity index (χ0n) is 13.2. The predicted octanol–water partition coefficient (Wildman–Crippen LogP) is 3.26. The topological polar surface area (TPSA) is 76.7 Å². The van der Waals surface area contributed by atoms with Crippen LogP contribution in [0.3, 0.4) is 0 Å². The fraction of sp³-hybridized carbons (Fsp3) is 0.389. The van der Waals surface area contributed by atoms with Gasteiger partial charge in [0, 0.05) is 12.1 Å². The van der Waals surface area contributed by atoms with Gasteiger partial charge >= 0.3 is 0 Å². The highest BCUT2D eigenvalue weighted by atomic mass is 15.2. The summed E-state index contributed by atoms with van der Waals surface area (Å²) < 4.78 is 0. The number of rotatable bonds is 4. The molecule has 3 atom stereocenters. The average molecular weight is 307 g/mol. The van der Waals surface area contributed by atoms with Crippen molar-refractivity contribution in [1.82, 2.24) is 15.0 Å². The Kier molecular flexibility index (Phi) is 3.48. The molecule has 23 heavy (non-hydrogen) atoms. The van der Waals surface area contributed by atoms with Crippen molar-refractivity contribution in [3.8, 4) is 0 Å². The van der Waals surface area contributed by atoms with E-state index in [1.807, 2.05) is 12.1 Å². The van der Waals surface area contributed by atoms with Gasteiger partial charge in [0.1, 0.15) is 5.82 Å². The lowest BCUT2D eigenvalue weighted by Crippen LogP contribution is -2.14. The first-order valence-corrected chi connectivity index (χ1v) is 8.18. The molecule has 0 saturated heterocycles. The van der Waals surface area contributed by atoms with E-state index in [-0.39, 0.29) is 5.95 Å². The molecular formula is C18H21N5. The number of nitrogens with zero attached hydrogens (tertiary/aromatic N) is 3. The van der Waals surface area contributed by atoms with Gasteiger partial charge in [0.25, 0.3) is 0 Å². The molecule has 1 saturated carbocycles. The number of aromatic nitrogens is 3. The Balaban J connectivity index is 1.51. The third-order valence-electron chi connectivity index (χ3n) is 4.87. The van der Waals surface area contributed by atoms with Gasteiger partial charge in [0.2, 0.25) is 11.9 Å². The molecule has 118 valence electrons. The monoisotopic (exact) mass is 307 g/mol. The third-order valence-corrected chi connectivity index (χ3v) is 4.87. The van der Waals surface area contributed by atoms with Crippen molar-refractivity contribution in [3.63, 3.8) is 0 Å². The number of nitrogen functional groups attached to an aromatic ring is 1. The first-order valence-electron chi connectivity index (χ1n) is 8.18. The molecule has 2 aliphatic rings. The maximum atomic E-state index is 5.87. The van der Waals surface area contributed by atoms with E-state index < -0.39 is 0 Å². The maximum absolute atomic E-state index is 5.87. The minimum atomic E-state index is 0.281. The Labute approximate surface area is 136 Å². The summed E-state index contributed by atoms with van der Waals surface area (Å²) in [5.74, 6) is 3.68. The van der Waals surface area contributed by atoms with Crippen LogP contribution in [0.2, 0.25) is 0 Å². The lowest BCUT2D eigenvalue weighted by molar-refractivity contribution is 0.436. The molecule has 3 unspecified atom stereocenters. The van der Waals surface area contributed by atoms with Crippen LogP contribution in [-0.4, -0.2) is 15.0 Å². The van der Waals surface area contributed by atoms with Gasteiger partial charge in [-0.3, -0.25) is 0 Å². The lowest BCUT2D eigenvalue weighted by atomic mass is 9.90. The predicted molar refractivity (Wildman–Crippen MR) is 91.2 cm³/mol. The molecule has 3 N–H and O–H groups in total. The van der Waals surface area contributed by atoms with Crippen molar-refractivity contribution >= 4 is 17.6 Å². The highest BCUT2D eigenvalue weighted by Crippen LogP contribution is 2.44. The number of hydrogen-bond donors (Lipinski definition) is 2. The van der Waals surface area contributed by atoms with E-state index in [1.54, 1.807) is 0 Å². The Morgan fingerprint density at radius 3 is 2.61 bits per heavy atom. The van der Waals surface area contributed by atoms with Gasteiger partial charge in [-0.2, -0.15) is 15.0 Å². The van der Waals surface area contributed by atoms with Gasteiger partial charge in [0.05, 0.1) is 0 Å². The summed E-state index contributed by atoms with van der Waals surface area (Å²) in [4.78, 5) is 13.1. The molecule has 0 spiro atoms. The number of aryl methyl sites for hydroxylation is 1. The SMILES string of the molecule is Cc1ccc(Nc2nc(N)nc(CC3CC4C=CC3C4)n2)cc1. The first-order chi connectivity index (χ1) is 11.2. The molecule has 0 aliphatic heterocycles. The van der Waals surface area contributed by atoms with Crippen molar-refractivity contribution in [2.75, 3.05) is 11.1 Å². The highest BCUT2D eigenvalue weighted by molar-refractivity contribution is 5.54. The van der Waals surface area contributed by atoms with Crippen LogP contribution in [-0.2, 0) is 6.42 Å². The molecule has 4 rings (SSSR count). The van der Waals surface area contributed by atoms with Crippen LogP contribution < -0.4 is 11.1 Å². The zero-order valence-corrected chi connectivity index (χ0v) is 13.2. The number of benzene rings is 1. The molecule has 0 amide bonds. The van der Waals surface area contributed by atoms with Crippen molar-refractivity contribution in [1.29, 1.82) is 0 Å². The summed E-state index contributed by atoms with van der Waals surface area (Å²) in [5.41, 5.74) is 8.04. The molecule has 2 aliphatic carbocycles. The molecule has 2 aromatic rings. The largest absolute Gasteiger partial charge is 0.368 e. The molecule has 5 heteroatoms. The first kappa shape index (κ1) is 14.2. The summed E-state index contributed by atoms with van der Waals surface area (Å²) >= 11 is 0. The Bertz CT molecular complexity index is 738. The molecule has 1 aromatic carbocycles. The Hall–Kier alpha value is -2.43. The molecular weight excluding hydrogens is 286 g/mol. The van der Waals surface area contributed by atoms with Crippen LogP contribution in [0.25, 0.3) is 0 Å². The van der Waals surface area contributed by atoms with Gasteiger partial charge < -0.3 is 11.1 Å². The minimum Gasteiger partial charge on any atom is -0.368 e. The van der Waals surface area contributed by atoms with Crippen molar-refractivity contribution in [3.05, 3.63) is 47.8 Å². The van der Waals surface area contributed by atoms with Gasteiger partial charge in [-0.05, 0) is 49.7 Å². The Morgan fingerprint density at radius 2 is 1.91 bits per heavy atom. The Morgan fingerprint density at radius 1 is 1.09 bits per heavy atom. The standard InChI is InChI=1S/C18H21N5/c1-11-2-6-15(7-3-11)20-18-22-16(21-17(19)23-18)10-14-9-12-4-5-13(14)8-12/h2-7,12-14H,8-10H2,1H3,(H3,19,20,21,22,23).